The molecule has 5 heteroatoms. The molecule has 2 N–H and O–H groups in total. The second-order valence-corrected chi connectivity index (χ2v) is 17.6. The van der Waals surface area contributed by atoms with Crippen molar-refractivity contribution in [2.45, 2.75) is 83.1 Å². The Morgan fingerprint density at radius 2 is 0.459 bits per heavy atom. The molecule has 61 heavy (non-hydrogen) atoms. The number of hydrogen-bond acceptors (Lipinski definition) is 2. The number of aromatic nitrogens is 4. The smallest absolute Gasteiger partial charge is 0.0737 e. The van der Waals surface area contributed by atoms with Crippen molar-refractivity contribution in [3.8, 4) is 44.5 Å². The minimum Gasteiger partial charge on any atom is -0.354 e. The van der Waals surface area contributed by atoms with E-state index in [4.69, 9.17) is 9.97 Å². The average Bonchev–Trinajstić information content (AvgIpc) is 3.99. The Kier molecular flexibility index (Phi) is 10.8. The standard InChI is InChI=1S/C56H54N4.Fe/c1-29-21-33(5)49(34(6)22-29)53-41-13-15-43(57-41)54(50-35(7)23-30(2)24-36(50)8)45-17-19-47(59-45)56(52-39(11)27-32(4)28-40(52)12)48-20-18-46(60-48)55(44-16-14-42(53)58-44)51-37(9)25-31(3)26-38(51)10;/h13-28,57,60H,1-12H3;. The fourth-order valence-corrected chi connectivity index (χ4v) is 10.6. The molecule has 3 aromatic heterocycles. The summed E-state index contributed by atoms with van der Waals surface area (Å²) in [6.07, 6.45) is 8.85. The van der Waals surface area contributed by atoms with Crippen LogP contribution in [0.3, 0.4) is 0 Å². The van der Waals surface area contributed by atoms with Crippen molar-refractivity contribution < 1.29 is 17.1 Å². The first kappa shape index (κ1) is 41.7. The Morgan fingerprint density at radius 1 is 0.279 bits per heavy atom. The van der Waals surface area contributed by atoms with Crippen LogP contribution in [0.15, 0.2) is 72.8 Å². The third-order valence-corrected chi connectivity index (χ3v) is 12.5. The van der Waals surface area contributed by atoms with Gasteiger partial charge in [0.2, 0.25) is 0 Å². The van der Waals surface area contributed by atoms with E-state index >= 15 is 0 Å². The molecule has 0 spiro atoms. The summed E-state index contributed by atoms with van der Waals surface area (Å²) in [4.78, 5) is 19.2. The minimum atomic E-state index is 0. The molecule has 0 fully saturated rings. The van der Waals surface area contributed by atoms with E-state index in [9.17, 15) is 0 Å². The van der Waals surface area contributed by atoms with E-state index in [1.807, 2.05) is 0 Å². The molecule has 0 aliphatic carbocycles. The Hall–Kier alpha value is -6.00. The van der Waals surface area contributed by atoms with Gasteiger partial charge in [0, 0.05) is 61.4 Å². The first-order chi connectivity index (χ1) is 28.7. The van der Waals surface area contributed by atoms with Crippen LogP contribution in [0.25, 0.3) is 90.9 Å². The van der Waals surface area contributed by atoms with Crippen molar-refractivity contribution in [1.82, 2.24) is 19.9 Å². The molecule has 8 bridgehead atoms. The summed E-state index contributed by atoms with van der Waals surface area (Å²) in [6.45, 7) is 26.5. The molecule has 5 heterocycles. The topological polar surface area (TPSA) is 57.4 Å². The van der Waals surface area contributed by atoms with Crippen LogP contribution in [-0.2, 0) is 17.1 Å². The zero-order valence-electron chi connectivity index (χ0n) is 37.5. The van der Waals surface area contributed by atoms with E-state index in [-0.39, 0.29) is 17.1 Å². The van der Waals surface area contributed by atoms with E-state index in [0.717, 1.165) is 67.1 Å². The Labute approximate surface area is 371 Å². The van der Waals surface area contributed by atoms with Crippen LogP contribution >= 0.6 is 0 Å². The van der Waals surface area contributed by atoms with Crippen LogP contribution in [0.4, 0.5) is 0 Å². The number of hydrogen-bond donors (Lipinski definition) is 2. The zero-order valence-corrected chi connectivity index (χ0v) is 38.6. The average molecular weight is 839 g/mol. The van der Waals surface area contributed by atoms with Gasteiger partial charge in [0.05, 0.1) is 22.8 Å². The first-order valence-corrected chi connectivity index (χ1v) is 21.2. The molecule has 0 saturated heterocycles. The van der Waals surface area contributed by atoms with Crippen molar-refractivity contribution in [2.24, 2.45) is 0 Å². The van der Waals surface area contributed by atoms with Gasteiger partial charge in [-0.1, -0.05) is 70.8 Å². The summed E-state index contributed by atoms with van der Waals surface area (Å²) in [5.74, 6) is 0. The molecule has 0 amide bonds. The van der Waals surface area contributed by atoms with Crippen LogP contribution in [0.5, 0.6) is 0 Å². The van der Waals surface area contributed by atoms with Gasteiger partial charge in [0.15, 0.2) is 0 Å². The summed E-state index contributed by atoms with van der Waals surface area (Å²) < 4.78 is 0. The number of rotatable bonds is 4. The molecule has 4 nitrogen and oxygen atoms in total. The van der Waals surface area contributed by atoms with Crippen molar-refractivity contribution in [2.75, 3.05) is 0 Å². The Bertz CT molecular complexity index is 2710. The fraction of sp³-hybridized carbons (Fsp3) is 0.214. The van der Waals surface area contributed by atoms with Gasteiger partial charge < -0.3 is 9.97 Å². The van der Waals surface area contributed by atoms with Crippen molar-refractivity contribution in [3.63, 3.8) is 0 Å². The molecule has 306 valence electrons. The van der Waals surface area contributed by atoms with Crippen LogP contribution in [0.1, 0.15) is 89.5 Å². The Morgan fingerprint density at radius 3 is 0.639 bits per heavy atom. The van der Waals surface area contributed by atoms with Crippen LogP contribution in [-0.4, -0.2) is 19.9 Å². The van der Waals surface area contributed by atoms with E-state index in [1.54, 1.807) is 0 Å². The van der Waals surface area contributed by atoms with Gasteiger partial charge in [0.25, 0.3) is 0 Å². The van der Waals surface area contributed by atoms with E-state index < -0.39 is 0 Å². The summed E-state index contributed by atoms with van der Waals surface area (Å²) in [6, 6.07) is 27.3. The minimum absolute atomic E-state index is 0. The van der Waals surface area contributed by atoms with Gasteiger partial charge >= 0.3 is 0 Å². The molecule has 7 aromatic rings. The van der Waals surface area contributed by atoms with Crippen LogP contribution in [0.2, 0.25) is 0 Å². The maximum absolute atomic E-state index is 5.63. The summed E-state index contributed by atoms with van der Waals surface area (Å²) >= 11 is 0. The maximum atomic E-state index is 5.63. The SMILES string of the molecule is Cc1cc(C)c(-c2c3nc(c(-c4c(C)cc(C)cc4C)c4ccc([nH]4)c(-c4c(C)cc(C)cc4C)c4nc(c(-c5c(C)cc(C)cc5C)c5ccc2[nH]5)C=C4)C=C3)c(C)c1.[Fe]. The van der Waals surface area contributed by atoms with Gasteiger partial charge in [-0.2, -0.15) is 0 Å². The second kappa shape index (κ2) is 15.8. The molecule has 0 unspecified atom stereocenters. The van der Waals surface area contributed by atoms with Crippen molar-refractivity contribution in [1.29, 1.82) is 0 Å². The van der Waals surface area contributed by atoms with E-state index in [1.165, 1.54) is 89.0 Å². The van der Waals surface area contributed by atoms with E-state index in [2.05, 4.69) is 190 Å². The molecule has 2 aliphatic heterocycles. The predicted octanol–water partition coefficient (Wildman–Crippen LogP) is 15.0. The van der Waals surface area contributed by atoms with Crippen molar-refractivity contribution >= 4 is 46.4 Å². The predicted molar refractivity (Wildman–Crippen MR) is 257 cm³/mol. The maximum Gasteiger partial charge on any atom is 0.0737 e. The number of aromatic amines is 2. The zero-order chi connectivity index (χ0) is 42.3. The van der Waals surface area contributed by atoms with E-state index in [0.29, 0.717) is 0 Å². The first-order valence-electron chi connectivity index (χ1n) is 21.2. The molecule has 4 aromatic carbocycles. The molecular weight excluding hydrogens is 784 g/mol. The van der Waals surface area contributed by atoms with Gasteiger partial charge in [0.1, 0.15) is 0 Å². The number of nitrogens with zero attached hydrogens (tertiary/aromatic N) is 2. The molecule has 0 radical (unpaired) electrons. The number of H-pyrrole nitrogens is 2. The Balaban J connectivity index is 0.00000514. The normalized spacial score (nSPS) is 12.0. The van der Waals surface area contributed by atoms with Crippen LogP contribution < -0.4 is 0 Å². The van der Waals surface area contributed by atoms with Crippen molar-refractivity contribution in [3.05, 3.63) is 162 Å². The molecule has 9 rings (SSSR count). The molecule has 0 atom stereocenters. The number of nitrogens with one attached hydrogen (secondary N) is 2. The van der Waals surface area contributed by atoms with Gasteiger partial charge in [-0.3, -0.25) is 0 Å². The largest absolute Gasteiger partial charge is 0.354 e. The quantitative estimate of drug-likeness (QED) is 0.174. The van der Waals surface area contributed by atoms with Gasteiger partial charge in [-0.25, -0.2) is 9.97 Å². The number of aryl methyl sites for hydroxylation is 12. The summed E-state index contributed by atoms with van der Waals surface area (Å²) in [5, 5.41) is 0. The molecular formula is C56H54FeN4. The van der Waals surface area contributed by atoms with Gasteiger partial charge in [-0.05, 0) is 198 Å². The fourth-order valence-electron chi connectivity index (χ4n) is 10.6. The third-order valence-electron chi connectivity index (χ3n) is 12.5. The second-order valence-electron chi connectivity index (χ2n) is 17.6. The number of benzene rings is 4. The summed E-state index contributed by atoms with van der Waals surface area (Å²) in [7, 11) is 0. The molecule has 2 aliphatic rings. The summed E-state index contributed by atoms with van der Waals surface area (Å²) in [5.41, 5.74) is 31.8. The number of fused-ring (bicyclic) bond motifs is 8. The van der Waals surface area contributed by atoms with Gasteiger partial charge in [-0.15, -0.1) is 0 Å². The molecule has 0 saturated carbocycles. The monoisotopic (exact) mass is 838 g/mol. The van der Waals surface area contributed by atoms with Crippen LogP contribution in [0, 0.1) is 83.1 Å². The third kappa shape index (κ3) is 7.24.